The zero-order valence-electron chi connectivity index (χ0n) is 24.1. The monoisotopic (exact) mass is 613 g/mol. The lowest BCUT2D eigenvalue weighted by atomic mass is 10.0. The quantitative estimate of drug-likeness (QED) is 0.238. The van der Waals surface area contributed by atoms with E-state index in [4.69, 9.17) is 32.7 Å². The van der Waals surface area contributed by atoms with Crippen molar-refractivity contribution in [3.63, 3.8) is 0 Å². The van der Waals surface area contributed by atoms with Crippen molar-refractivity contribution in [3.8, 4) is 11.5 Å². The number of anilines is 3. The van der Waals surface area contributed by atoms with Gasteiger partial charge in [0.05, 0.1) is 24.3 Å². The number of methoxy groups -OCH3 is 2. The summed E-state index contributed by atoms with van der Waals surface area (Å²) in [6.45, 7) is 12.6. The number of allylic oxidation sites excluding steroid dienone is 1. The maximum Gasteiger partial charge on any atom is 0.227 e. The number of benzene rings is 2. The topological polar surface area (TPSA) is 79.8 Å². The molecule has 1 aliphatic heterocycles. The van der Waals surface area contributed by atoms with E-state index in [0.29, 0.717) is 11.5 Å². The van der Waals surface area contributed by atoms with Gasteiger partial charge in [-0.05, 0) is 48.9 Å². The van der Waals surface area contributed by atoms with Gasteiger partial charge in [-0.1, -0.05) is 36.7 Å². The predicted molar refractivity (Wildman–Crippen MR) is 168 cm³/mol. The lowest BCUT2D eigenvalue weighted by Gasteiger charge is -2.36. The van der Waals surface area contributed by atoms with Crippen molar-refractivity contribution < 1.29 is 18.7 Å². The fourth-order valence-corrected chi connectivity index (χ4v) is 5.40. The van der Waals surface area contributed by atoms with Crippen LogP contribution in [-0.2, 0) is 11.2 Å². The lowest BCUT2D eigenvalue weighted by Crippen LogP contribution is -2.46. The number of piperazine rings is 1. The summed E-state index contributed by atoms with van der Waals surface area (Å²) in [4.78, 5) is 25.8. The Labute approximate surface area is 255 Å². The van der Waals surface area contributed by atoms with Crippen LogP contribution in [0.1, 0.15) is 29.2 Å². The van der Waals surface area contributed by atoms with Gasteiger partial charge in [-0.15, -0.1) is 0 Å². The Morgan fingerprint density at radius 1 is 1.07 bits per heavy atom. The van der Waals surface area contributed by atoms with Gasteiger partial charge in [0.2, 0.25) is 5.95 Å². The number of ether oxygens (including phenoxy) is 2. The molecular formula is C31H34Cl2FN5O3. The van der Waals surface area contributed by atoms with Crippen molar-refractivity contribution in [2.24, 2.45) is 0 Å². The standard InChI is InChI=1S/C31H34Cl2FN5O3/c1-6-23(40)14-20-13-22(39-10-8-38(7-2)9-11-39)12-19(3)30(20)37-31-35-17-21(18-36-31)25(34)15-24-28(32)26(41-4)16-27(42-5)29(24)33/h6,12-13,15-18H,1,7-11,14H2,2-5H3,(H,35,36,37)/b25-15-. The van der Waals surface area contributed by atoms with Crippen LogP contribution in [0.2, 0.25) is 10.0 Å². The largest absolute Gasteiger partial charge is 0.495 e. The molecule has 4 rings (SSSR count). The molecule has 2 heterocycles. The van der Waals surface area contributed by atoms with Crippen LogP contribution < -0.4 is 19.7 Å². The minimum Gasteiger partial charge on any atom is -0.495 e. The summed E-state index contributed by atoms with van der Waals surface area (Å²) >= 11 is 12.8. The van der Waals surface area contributed by atoms with Crippen molar-refractivity contribution in [3.05, 3.63) is 75.5 Å². The average Bonchev–Trinajstić information content (AvgIpc) is 3.01. The van der Waals surface area contributed by atoms with E-state index < -0.39 is 5.83 Å². The molecule has 1 aromatic heterocycles. The Morgan fingerprint density at radius 2 is 1.69 bits per heavy atom. The van der Waals surface area contributed by atoms with E-state index in [9.17, 15) is 4.79 Å². The number of aryl methyl sites for hydroxylation is 1. The van der Waals surface area contributed by atoms with E-state index in [1.165, 1.54) is 44.8 Å². The molecule has 0 atom stereocenters. The van der Waals surface area contributed by atoms with E-state index >= 15 is 4.39 Å². The number of ketones is 1. The number of halogens is 3. The minimum absolute atomic E-state index is 0.0969. The van der Waals surface area contributed by atoms with Gasteiger partial charge in [0.25, 0.3) is 0 Å². The van der Waals surface area contributed by atoms with Gasteiger partial charge < -0.3 is 24.6 Å². The van der Waals surface area contributed by atoms with Crippen LogP contribution in [0.25, 0.3) is 11.9 Å². The molecule has 0 radical (unpaired) electrons. The average molecular weight is 615 g/mol. The van der Waals surface area contributed by atoms with Crippen molar-refractivity contribution >= 4 is 58.2 Å². The van der Waals surface area contributed by atoms with Gasteiger partial charge in [0.1, 0.15) is 17.3 Å². The highest BCUT2D eigenvalue weighted by Gasteiger charge is 2.20. The molecule has 11 heteroatoms. The highest BCUT2D eigenvalue weighted by Crippen LogP contribution is 2.42. The normalized spacial score (nSPS) is 14.1. The molecule has 1 fully saturated rings. The second-order valence-corrected chi connectivity index (χ2v) is 10.6. The molecule has 1 saturated heterocycles. The molecular weight excluding hydrogens is 580 g/mol. The van der Waals surface area contributed by atoms with Crippen molar-refractivity contribution in [2.45, 2.75) is 20.3 Å². The molecule has 42 heavy (non-hydrogen) atoms. The third-order valence-electron chi connectivity index (χ3n) is 7.22. The summed E-state index contributed by atoms with van der Waals surface area (Å²) < 4.78 is 25.8. The number of likely N-dealkylation sites (N-methyl/N-ethyl adjacent to an activating group) is 1. The summed E-state index contributed by atoms with van der Waals surface area (Å²) in [6, 6.07) is 5.66. The van der Waals surface area contributed by atoms with Crippen LogP contribution in [0.4, 0.5) is 21.7 Å². The van der Waals surface area contributed by atoms with Crippen LogP contribution in [0.15, 0.2) is 43.2 Å². The fourth-order valence-electron chi connectivity index (χ4n) is 4.79. The molecule has 0 aliphatic carbocycles. The van der Waals surface area contributed by atoms with Crippen LogP contribution >= 0.6 is 23.2 Å². The Hall–Kier alpha value is -3.66. The summed E-state index contributed by atoms with van der Waals surface area (Å²) in [5.74, 6) is 0.0959. The van der Waals surface area contributed by atoms with Gasteiger partial charge in [0.15, 0.2) is 5.78 Å². The van der Waals surface area contributed by atoms with Crippen molar-refractivity contribution in [2.75, 3.05) is 57.2 Å². The maximum atomic E-state index is 15.3. The molecule has 3 aromatic rings. The summed E-state index contributed by atoms with van der Waals surface area (Å²) in [5, 5.41) is 3.52. The van der Waals surface area contributed by atoms with Gasteiger partial charge in [-0.25, -0.2) is 14.4 Å². The number of carbonyl (C=O) groups is 1. The molecule has 222 valence electrons. The van der Waals surface area contributed by atoms with Crippen molar-refractivity contribution in [1.29, 1.82) is 0 Å². The minimum atomic E-state index is -0.651. The second-order valence-electron chi connectivity index (χ2n) is 9.80. The van der Waals surface area contributed by atoms with E-state index in [1.54, 1.807) is 0 Å². The van der Waals surface area contributed by atoms with Gasteiger partial charge in [-0.2, -0.15) is 0 Å². The zero-order chi connectivity index (χ0) is 30.4. The van der Waals surface area contributed by atoms with E-state index in [1.807, 2.05) is 13.0 Å². The van der Waals surface area contributed by atoms with E-state index in [0.717, 1.165) is 55.2 Å². The highest BCUT2D eigenvalue weighted by molar-refractivity contribution is 6.39. The molecule has 1 N–H and O–H groups in total. The first-order valence-electron chi connectivity index (χ1n) is 13.5. The summed E-state index contributed by atoms with van der Waals surface area (Å²) in [5.41, 5.74) is 3.87. The molecule has 0 unspecified atom stereocenters. The molecule has 1 aliphatic rings. The van der Waals surface area contributed by atoms with Gasteiger partial charge >= 0.3 is 0 Å². The van der Waals surface area contributed by atoms with Gasteiger partial charge in [-0.3, -0.25) is 4.79 Å². The molecule has 0 amide bonds. The first kappa shape index (κ1) is 31.3. The Bertz CT molecular complexity index is 1460. The number of nitrogens with one attached hydrogen (secondary N) is 1. The van der Waals surface area contributed by atoms with Crippen LogP contribution in [0.3, 0.4) is 0 Å². The molecule has 0 bridgehead atoms. The van der Waals surface area contributed by atoms with Crippen LogP contribution in [-0.4, -0.2) is 67.6 Å². The fraction of sp³-hybridized carbons (Fsp3) is 0.323. The highest BCUT2D eigenvalue weighted by atomic mass is 35.5. The molecule has 0 saturated carbocycles. The number of hydrogen-bond donors (Lipinski definition) is 1. The second kappa shape index (κ2) is 14.0. The molecule has 8 nitrogen and oxygen atoms in total. The zero-order valence-corrected chi connectivity index (χ0v) is 25.7. The molecule has 0 spiro atoms. The Morgan fingerprint density at radius 3 is 2.24 bits per heavy atom. The summed E-state index contributed by atoms with van der Waals surface area (Å²) in [7, 11) is 2.89. The smallest absolute Gasteiger partial charge is 0.227 e. The Kier molecular flexibility index (Phi) is 10.4. The van der Waals surface area contributed by atoms with E-state index in [2.05, 4.69) is 44.7 Å². The van der Waals surface area contributed by atoms with E-state index in [-0.39, 0.29) is 39.3 Å². The predicted octanol–water partition coefficient (Wildman–Crippen LogP) is 6.76. The number of aromatic nitrogens is 2. The van der Waals surface area contributed by atoms with Crippen LogP contribution in [0.5, 0.6) is 11.5 Å². The Balaban J connectivity index is 1.60. The third-order valence-corrected chi connectivity index (χ3v) is 8.00. The molecule has 2 aromatic carbocycles. The van der Waals surface area contributed by atoms with Crippen molar-refractivity contribution in [1.82, 2.24) is 14.9 Å². The summed E-state index contributed by atoms with van der Waals surface area (Å²) in [6.07, 6.45) is 5.39. The lowest BCUT2D eigenvalue weighted by molar-refractivity contribution is -0.114. The first-order valence-corrected chi connectivity index (χ1v) is 14.3. The SMILES string of the molecule is C=CC(=O)Cc1cc(N2CCN(CC)CC2)cc(C)c1Nc1ncc(/C(F)=C/c2c(Cl)c(OC)cc(OC)c2Cl)cn1. The van der Waals surface area contributed by atoms with Crippen LogP contribution in [0, 0.1) is 6.92 Å². The number of hydrogen-bond acceptors (Lipinski definition) is 8. The maximum absolute atomic E-state index is 15.3. The third kappa shape index (κ3) is 7.03. The first-order chi connectivity index (χ1) is 20.2. The number of nitrogens with zero attached hydrogens (tertiary/aromatic N) is 4. The number of carbonyl (C=O) groups excluding carboxylic acids is 1. The van der Waals surface area contributed by atoms with Gasteiger partial charge in [0, 0.05) is 73.6 Å². The number of rotatable bonds is 11.